The Hall–Kier alpha value is -2.34. The van der Waals surface area contributed by atoms with E-state index in [1.165, 1.54) is 39.0 Å². The van der Waals surface area contributed by atoms with Crippen LogP contribution in [0.1, 0.15) is 45.7 Å². The van der Waals surface area contributed by atoms with Gasteiger partial charge >= 0.3 is 0 Å². The molecule has 2 aromatic carbocycles. The first-order valence-corrected chi connectivity index (χ1v) is 7.71. The van der Waals surface area contributed by atoms with E-state index in [0.717, 1.165) is 12.8 Å². The van der Waals surface area contributed by atoms with Crippen LogP contribution in [0.3, 0.4) is 0 Å². The van der Waals surface area contributed by atoms with E-state index in [1.54, 1.807) is 0 Å². The smallest absolute Gasteiger partial charge is 0.0139 e. The maximum atomic E-state index is 2.34. The molecule has 0 heterocycles. The van der Waals surface area contributed by atoms with Crippen LogP contribution in [0.4, 0.5) is 0 Å². The van der Waals surface area contributed by atoms with E-state index < -0.39 is 0 Å². The monoisotopic (exact) mass is 268 g/mol. The van der Waals surface area contributed by atoms with E-state index >= 15 is 0 Å². The molecule has 0 saturated carbocycles. The number of hydrogen-bond donors (Lipinski definition) is 0. The molecule has 0 spiro atoms. The van der Waals surface area contributed by atoms with Gasteiger partial charge in [-0.2, -0.15) is 0 Å². The summed E-state index contributed by atoms with van der Waals surface area (Å²) in [5.41, 5.74) is 10.3. The minimum atomic E-state index is 0.522. The summed E-state index contributed by atoms with van der Waals surface area (Å²) in [6.07, 6.45) is 13.6. The van der Waals surface area contributed by atoms with Crippen molar-refractivity contribution < 1.29 is 0 Å². The Kier molecular flexibility index (Phi) is 2.20. The zero-order chi connectivity index (χ0) is 13.8. The van der Waals surface area contributed by atoms with Gasteiger partial charge in [-0.05, 0) is 51.8 Å². The summed E-state index contributed by atoms with van der Waals surface area (Å²) in [4.78, 5) is 0. The Morgan fingerprint density at radius 3 is 2.81 bits per heavy atom. The lowest BCUT2D eigenvalue weighted by Crippen LogP contribution is -2.08. The fraction of sp³-hybridized carbons (Fsp3) is 0.143. The Balaban J connectivity index is 1.94. The third-order valence-corrected chi connectivity index (χ3v) is 5.07. The molecule has 0 heteroatoms. The topological polar surface area (TPSA) is 0 Å². The van der Waals surface area contributed by atoms with E-state index in [9.17, 15) is 0 Å². The average Bonchev–Trinajstić information content (AvgIpc) is 2.82. The summed E-state index contributed by atoms with van der Waals surface area (Å²) in [5, 5.41) is 0. The molecule has 21 heavy (non-hydrogen) atoms. The summed E-state index contributed by atoms with van der Waals surface area (Å²) >= 11 is 0. The Labute approximate surface area is 125 Å². The standard InChI is InChI=1S/C21H16/c1-5-14-6-2-11-18-19-12-4-8-15-7-3-10-17(21(15)19)16(9-1)13-20(14)18/h1-11,19H,12-13H2. The summed E-state index contributed by atoms with van der Waals surface area (Å²) in [7, 11) is 0. The molecule has 0 aromatic heterocycles. The molecule has 2 aromatic rings. The molecular formula is C21H16. The molecule has 0 aliphatic heterocycles. The molecule has 0 saturated heterocycles. The van der Waals surface area contributed by atoms with Crippen molar-refractivity contribution in [3.63, 3.8) is 0 Å². The Morgan fingerprint density at radius 1 is 0.905 bits per heavy atom. The summed E-state index contributed by atoms with van der Waals surface area (Å²) in [6, 6.07) is 13.6. The van der Waals surface area contributed by atoms with Crippen molar-refractivity contribution in [2.45, 2.75) is 18.8 Å². The largest absolute Gasteiger partial charge is 0.0830 e. The van der Waals surface area contributed by atoms with Crippen LogP contribution in [0.15, 0.2) is 54.6 Å². The first kappa shape index (κ1) is 11.3. The number of allylic oxidation sites excluding steroid dienone is 4. The summed E-state index contributed by atoms with van der Waals surface area (Å²) in [6.45, 7) is 0. The Morgan fingerprint density at radius 2 is 1.81 bits per heavy atom. The lowest BCUT2D eigenvalue weighted by Gasteiger charge is -2.25. The van der Waals surface area contributed by atoms with Gasteiger partial charge in [0.2, 0.25) is 0 Å². The highest BCUT2D eigenvalue weighted by Crippen LogP contribution is 2.46. The second-order valence-electron chi connectivity index (χ2n) is 6.14. The van der Waals surface area contributed by atoms with Gasteiger partial charge in [-0.3, -0.25) is 0 Å². The molecule has 1 unspecified atom stereocenters. The van der Waals surface area contributed by atoms with Crippen molar-refractivity contribution in [2.24, 2.45) is 0 Å². The highest BCUT2D eigenvalue weighted by atomic mass is 14.3. The molecule has 0 nitrogen and oxygen atoms in total. The SMILES string of the molecule is C1=Cc2cccc3c2CC(=C1)c1cccc2c1C3CC=C2. The van der Waals surface area contributed by atoms with Crippen molar-refractivity contribution in [1.29, 1.82) is 0 Å². The summed E-state index contributed by atoms with van der Waals surface area (Å²) < 4.78 is 0. The van der Waals surface area contributed by atoms with Crippen LogP contribution in [-0.4, -0.2) is 0 Å². The van der Waals surface area contributed by atoms with Gasteiger partial charge in [0.25, 0.3) is 0 Å². The number of rotatable bonds is 0. The Bertz CT molecular complexity index is 846. The second-order valence-corrected chi connectivity index (χ2v) is 6.14. The van der Waals surface area contributed by atoms with Crippen LogP contribution < -0.4 is 0 Å². The van der Waals surface area contributed by atoms with Crippen molar-refractivity contribution >= 4 is 17.7 Å². The fourth-order valence-corrected chi connectivity index (χ4v) is 4.14. The number of hydrogen-bond acceptors (Lipinski definition) is 0. The highest BCUT2D eigenvalue weighted by molar-refractivity contribution is 5.82. The maximum absolute atomic E-state index is 2.34. The van der Waals surface area contributed by atoms with Crippen LogP contribution in [0, 0.1) is 0 Å². The first-order valence-electron chi connectivity index (χ1n) is 7.71. The van der Waals surface area contributed by atoms with Crippen LogP contribution in [0.2, 0.25) is 0 Å². The van der Waals surface area contributed by atoms with E-state index in [2.05, 4.69) is 66.8 Å². The van der Waals surface area contributed by atoms with Crippen molar-refractivity contribution in [3.8, 4) is 0 Å². The van der Waals surface area contributed by atoms with Crippen molar-refractivity contribution in [2.75, 3.05) is 0 Å². The van der Waals surface area contributed by atoms with Gasteiger partial charge in [0.15, 0.2) is 0 Å². The first-order chi connectivity index (χ1) is 10.4. The fourth-order valence-electron chi connectivity index (χ4n) is 4.14. The molecular weight excluding hydrogens is 252 g/mol. The quantitative estimate of drug-likeness (QED) is 0.616. The molecule has 0 N–H and O–H groups in total. The van der Waals surface area contributed by atoms with Crippen LogP contribution in [0.25, 0.3) is 17.7 Å². The van der Waals surface area contributed by atoms with E-state index in [4.69, 9.17) is 0 Å². The minimum Gasteiger partial charge on any atom is -0.0830 e. The van der Waals surface area contributed by atoms with Crippen LogP contribution in [0.5, 0.6) is 0 Å². The lowest BCUT2D eigenvalue weighted by atomic mass is 9.79. The molecule has 0 amide bonds. The molecule has 2 bridgehead atoms. The maximum Gasteiger partial charge on any atom is 0.0139 e. The lowest BCUT2D eigenvalue weighted by molar-refractivity contribution is 0.813. The van der Waals surface area contributed by atoms with Crippen molar-refractivity contribution in [3.05, 3.63) is 88.0 Å². The van der Waals surface area contributed by atoms with Crippen molar-refractivity contribution in [1.82, 2.24) is 0 Å². The van der Waals surface area contributed by atoms with E-state index in [1.807, 2.05) is 0 Å². The molecule has 3 aliphatic carbocycles. The zero-order valence-electron chi connectivity index (χ0n) is 11.8. The second kappa shape index (κ2) is 4.08. The van der Waals surface area contributed by atoms with Crippen LogP contribution >= 0.6 is 0 Å². The van der Waals surface area contributed by atoms with Gasteiger partial charge in [-0.1, -0.05) is 66.8 Å². The van der Waals surface area contributed by atoms with Gasteiger partial charge in [0.1, 0.15) is 0 Å². The van der Waals surface area contributed by atoms with Gasteiger partial charge in [0, 0.05) is 5.92 Å². The molecule has 100 valence electrons. The third kappa shape index (κ3) is 1.50. The molecule has 0 radical (unpaired) electrons. The van der Waals surface area contributed by atoms with E-state index in [-0.39, 0.29) is 0 Å². The minimum absolute atomic E-state index is 0.522. The molecule has 0 fully saturated rings. The summed E-state index contributed by atoms with van der Waals surface area (Å²) in [5.74, 6) is 0.522. The normalized spacial score (nSPS) is 20.4. The van der Waals surface area contributed by atoms with Gasteiger partial charge < -0.3 is 0 Å². The molecule has 3 aliphatic rings. The zero-order valence-corrected chi connectivity index (χ0v) is 11.8. The van der Waals surface area contributed by atoms with Gasteiger partial charge in [-0.15, -0.1) is 0 Å². The predicted molar refractivity (Wildman–Crippen MR) is 89.1 cm³/mol. The molecule has 1 atom stereocenters. The highest BCUT2D eigenvalue weighted by Gasteiger charge is 2.29. The average molecular weight is 268 g/mol. The van der Waals surface area contributed by atoms with Gasteiger partial charge in [0.05, 0.1) is 0 Å². The van der Waals surface area contributed by atoms with E-state index in [0.29, 0.717) is 5.92 Å². The van der Waals surface area contributed by atoms with Crippen LogP contribution in [-0.2, 0) is 6.42 Å². The number of fused-ring (bicyclic) bond motifs is 3. The van der Waals surface area contributed by atoms with Gasteiger partial charge in [-0.25, -0.2) is 0 Å². The molecule has 5 rings (SSSR count). The number of benzene rings is 2. The third-order valence-electron chi connectivity index (χ3n) is 5.07. The predicted octanol–water partition coefficient (Wildman–Crippen LogP) is 5.20.